The minimum Gasteiger partial charge on any atom is -0.506 e. The van der Waals surface area contributed by atoms with Gasteiger partial charge >= 0.3 is 0 Å². The van der Waals surface area contributed by atoms with Crippen molar-refractivity contribution in [3.63, 3.8) is 0 Å². The summed E-state index contributed by atoms with van der Waals surface area (Å²) in [5.74, 6) is 0.141. The Kier molecular flexibility index (Phi) is 2.12. The summed E-state index contributed by atoms with van der Waals surface area (Å²) >= 11 is 4.31. The predicted octanol–water partition coefficient (Wildman–Crippen LogP) is 1.84. The van der Waals surface area contributed by atoms with E-state index in [1.165, 1.54) is 6.20 Å². The molecule has 0 aliphatic rings. The van der Waals surface area contributed by atoms with Crippen LogP contribution in [0.25, 0.3) is 22.2 Å². The van der Waals surface area contributed by atoms with Crippen LogP contribution in [-0.2, 0) is 7.05 Å². The van der Waals surface area contributed by atoms with Crippen molar-refractivity contribution in [3.8, 4) is 16.9 Å². The number of aryl methyl sites for hydroxylation is 1. The molecular formula is C11H10N4OS. The van der Waals surface area contributed by atoms with Gasteiger partial charge in [0, 0.05) is 36.0 Å². The molecule has 1 N–H and O–H groups in total. The molecule has 0 amide bonds. The molecule has 3 rings (SSSR count). The topological polar surface area (TPSA) is 55.9 Å². The number of hydrogen-bond acceptors (Lipinski definition) is 4. The first kappa shape index (κ1) is 10.2. The average Bonchev–Trinajstić information content (AvgIpc) is 2.83. The van der Waals surface area contributed by atoms with E-state index >= 15 is 0 Å². The monoisotopic (exact) mass is 246 g/mol. The molecule has 0 unspecified atom stereocenters. The molecule has 0 radical (unpaired) electrons. The Labute approximate surface area is 103 Å². The van der Waals surface area contributed by atoms with Crippen LogP contribution in [0.1, 0.15) is 0 Å². The molecule has 0 spiro atoms. The maximum atomic E-state index is 9.50. The van der Waals surface area contributed by atoms with Crippen LogP contribution < -0.4 is 0 Å². The van der Waals surface area contributed by atoms with Gasteiger partial charge in [0.1, 0.15) is 5.75 Å². The first-order valence-corrected chi connectivity index (χ1v) is 5.43. The molecule has 0 aliphatic carbocycles. The minimum atomic E-state index is 0.141. The van der Waals surface area contributed by atoms with Crippen molar-refractivity contribution in [2.75, 3.05) is 0 Å². The summed E-state index contributed by atoms with van der Waals surface area (Å²) in [6, 6.07) is 1.68. The number of fused-ring (bicyclic) bond motifs is 1. The molecule has 0 aliphatic heterocycles. The summed E-state index contributed by atoms with van der Waals surface area (Å²) in [4.78, 5) is 4.14. The largest absolute Gasteiger partial charge is 0.506 e. The number of thiol groups is 1. The second-order valence-corrected chi connectivity index (χ2v) is 4.29. The van der Waals surface area contributed by atoms with Crippen molar-refractivity contribution in [3.05, 3.63) is 30.9 Å². The van der Waals surface area contributed by atoms with Gasteiger partial charge < -0.3 is 5.11 Å². The van der Waals surface area contributed by atoms with E-state index in [9.17, 15) is 5.11 Å². The van der Waals surface area contributed by atoms with E-state index in [0.29, 0.717) is 5.65 Å². The molecule has 0 fully saturated rings. The van der Waals surface area contributed by atoms with Gasteiger partial charge in [-0.3, -0.25) is 8.65 Å². The van der Waals surface area contributed by atoms with Gasteiger partial charge in [-0.15, -0.1) is 0 Å². The highest BCUT2D eigenvalue weighted by atomic mass is 32.1. The van der Waals surface area contributed by atoms with E-state index in [1.807, 2.05) is 19.4 Å². The lowest BCUT2D eigenvalue weighted by Gasteiger charge is -1.95. The summed E-state index contributed by atoms with van der Waals surface area (Å²) in [5.41, 5.74) is 2.63. The van der Waals surface area contributed by atoms with Crippen molar-refractivity contribution in [1.29, 1.82) is 0 Å². The summed E-state index contributed by atoms with van der Waals surface area (Å²) < 4.78 is 3.37. The van der Waals surface area contributed by atoms with Gasteiger partial charge in [0.2, 0.25) is 0 Å². The quantitative estimate of drug-likeness (QED) is 0.644. The second kappa shape index (κ2) is 3.53. The summed E-state index contributed by atoms with van der Waals surface area (Å²) in [6.45, 7) is 0. The van der Waals surface area contributed by atoms with Gasteiger partial charge in [0.15, 0.2) is 5.65 Å². The molecule has 3 heterocycles. The Morgan fingerprint density at radius 1 is 1.29 bits per heavy atom. The smallest absolute Gasteiger partial charge is 0.150 e. The standard InChI is InChI=1S/C11H10N4OS/c1-14-5-7(3-13-14)10-6-15(17)11-9(10)2-8(16)4-12-11/h2-6,16-17H,1H3. The molecule has 86 valence electrons. The molecule has 0 aromatic carbocycles. The number of aromatic hydroxyl groups is 1. The predicted molar refractivity (Wildman–Crippen MR) is 68.0 cm³/mol. The maximum absolute atomic E-state index is 9.50. The Balaban J connectivity index is 2.33. The molecule has 17 heavy (non-hydrogen) atoms. The fourth-order valence-corrected chi connectivity index (χ4v) is 2.15. The number of aromatic nitrogens is 4. The lowest BCUT2D eigenvalue weighted by molar-refractivity contribution is 0.474. The fraction of sp³-hybridized carbons (Fsp3) is 0.0909. The Morgan fingerprint density at radius 2 is 2.12 bits per heavy atom. The SMILES string of the molecule is Cn1cc(-c2cn(S)c3ncc(O)cc23)cn1. The van der Waals surface area contributed by atoms with Gasteiger partial charge in [0.25, 0.3) is 0 Å². The molecule has 3 aromatic rings. The van der Waals surface area contributed by atoms with Gasteiger partial charge in [-0.05, 0) is 6.07 Å². The summed E-state index contributed by atoms with van der Waals surface area (Å²) in [6.07, 6.45) is 6.94. The Morgan fingerprint density at radius 3 is 2.82 bits per heavy atom. The highest BCUT2D eigenvalue weighted by molar-refractivity contribution is 7.78. The van der Waals surface area contributed by atoms with Crippen LogP contribution in [0.5, 0.6) is 5.75 Å². The van der Waals surface area contributed by atoms with E-state index in [-0.39, 0.29) is 5.75 Å². The summed E-state index contributed by atoms with van der Waals surface area (Å²) in [5, 5.41) is 14.5. The van der Waals surface area contributed by atoms with Crippen molar-refractivity contribution < 1.29 is 5.11 Å². The number of hydrogen-bond donors (Lipinski definition) is 2. The van der Waals surface area contributed by atoms with Crippen molar-refractivity contribution in [1.82, 2.24) is 18.7 Å². The molecule has 5 nitrogen and oxygen atoms in total. The van der Waals surface area contributed by atoms with E-state index in [0.717, 1.165) is 16.5 Å². The third-order valence-electron chi connectivity index (χ3n) is 2.63. The average molecular weight is 246 g/mol. The van der Waals surface area contributed by atoms with Crippen LogP contribution in [-0.4, -0.2) is 23.8 Å². The first-order chi connectivity index (χ1) is 8.15. The van der Waals surface area contributed by atoms with Gasteiger partial charge in [-0.1, -0.05) is 12.8 Å². The number of pyridine rings is 1. The summed E-state index contributed by atoms with van der Waals surface area (Å²) in [7, 11) is 1.86. The van der Waals surface area contributed by atoms with E-state index in [4.69, 9.17) is 0 Å². The van der Waals surface area contributed by atoms with Crippen molar-refractivity contribution in [2.45, 2.75) is 0 Å². The van der Waals surface area contributed by atoms with Gasteiger partial charge in [-0.25, -0.2) is 4.98 Å². The third kappa shape index (κ3) is 1.57. The highest BCUT2D eigenvalue weighted by Crippen LogP contribution is 2.31. The zero-order chi connectivity index (χ0) is 12.0. The lowest BCUT2D eigenvalue weighted by atomic mass is 10.1. The zero-order valence-electron chi connectivity index (χ0n) is 9.07. The third-order valence-corrected chi connectivity index (χ3v) is 2.93. The molecule has 0 saturated heterocycles. The second-order valence-electron chi connectivity index (χ2n) is 3.85. The van der Waals surface area contributed by atoms with Crippen molar-refractivity contribution in [2.24, 2.45) is 7.05 Å². The molecular weight excluding hydrogens is 236 g/mol. The van der Waals surface area contributed by atoms with Crippen LogP contribution in [0.2, 0.25) is 0 Å². The Bertz CT molecular complexity index is 701. The number of rotatable bonds is 1. The Hall–Kier alpha value is -1.95. The van der Waals surface area contributed by atoms with Crippen molar-refractivity contribution >= 4 is 23.8 Å². The zero-order valence-corrected chi connectivity index (χ0v) is 9.96. The molecule has 6 heteroatoms. The lowest BCUT2D eigenvalue weighted by Crippen LogP contribution is -1.84. The maximum Gasteiger partial charge on any atom is 0.150 e. The van der Waals surface area contributed by atoms with E-state index < -0.39 is 0 Å². The highest BCUT2D eigenvalue weighted by Gasteiger charge is 2.12. The molecule has 0 atom stereocenters. The van der Waals surface area contributed by atoms with Gasteiger partial charge in [-0.2, -0.15) is 5.10 Å². The van der Waals surface area contributed by atoms with Crippen LogP contribution in [0.15, 0.2) is 30.9 Å². The first-order valence-electron chi connectivity index (χ1n) is 5.03. The normalized spacial score (nSPS) is 11.2. The van der Waals surface area contributed by atoms with Gasteiger partial charge in [0.05, 0.1) is 12.4 Å². The van der Waals surface area contributed by atoms with Crippen LogP contribution in [0.3, 0.4) is 0 Å². The van der Waals surface area contributed by atoms with Crippen LogP contribution in [0, 0.1) is 0 Å². The fourth-order valence-electron chi connectivity index (χ4n) is 1.87. The molecule has 0 saturated carbocycles. The van der Waals surface area contributed by atoms with Crippen LogP contribution >= 0.6 is 12.8 Å². The van der Waals surface area contributed by atoms with E-state index in [2.05, 4.69) is 22.9 Å². The molecule has 3 aromatic heterocycles. The molecule has 0 bridgehead atoms. The van der Waals surface area contributed by atoms with Crippen LogP contribution in [0.4, 0.5) is 0 Å². The minimum absolute atomic E-state index is 0.141. The van der Waals surface area contributed by atoms with E-state index in [1.54, 1.807) is 20.9 Å². The number of nitrogens with zero attached hydrogens (tertiary/aromatic N) is 4.